The van der Waals surface area contributed by atoms with E-state index < -0.39 is 0 Å². The van der Waals surface area contributed by atoms with Crippen LogP contribution in [-0.2, 0) is 7.05 Å². The number of carbonyl (C=O) groups is 1. The number of ketones is 1. The van der Waals surface area contributed by atoms with E-state index in [1.807, 2.05) is 6.92 Å². The minimum Gasteiger partial charge on any atom is -0.302 e. The minimum absolute atomic E-state index is 0.0666. The number of pyridine rings is 1. The van der Waals surface area contributed by atoms with Crippen LogP contribution in [0.25, 0.3) is 10.8 Å². The number of rotatable bonds is 1. The molecular weight excluding hydrogens is 238 g/mol. The summed E-state index contributed by atoms with van der Waals surface area (Å²) >= 11 is 5.96. The van der Waals surface area contributed by atoms with E-state index >= 15 is 0 Å². The van der Waals surface area contributed by atoms with Crippen LogP contribution in [0.3, 0.4) is 0 Å². The van der Waals surface area contributed by atoms with E-state index in [2.05, 4.69) is 0 Å². The highest BCUT2D eigenvalue weighted by Crippen LogP contribution is 2.22. The number of hydrogen-bond acceptors (Lipinski definition) is 2. The van der Waals surface area contributed by atoms with Crippen LogP contribution in [0.1, 0.15) is 22.8 Å². The van der Waals surface area contributed by atoms with Crippen molar-refractivity contribution in [2.75, 3.05) is 0 Å². The molecule has 0 aliphatic rings. The highest BCUT2D eigenvalue weighted by atomic mass is 35.5. The lowest BCUT2D eigenvalue weighted by Crippen LogP contribution is -2.18. The van der Waals surface area contributed by atoms with Gasteiger partial charge in [-0.25, -0.2) is 0 Å². The first-order chi connectivity index (χ1) is 7.91. The normalized spacial score (nSPS) is 10.8. The number of fused-ring (bicyclic) bond motifs is 1. The van der Waals surface area contributed by atoms with Crippen molar-refractivity contribution in [1.29, 1.82) is 0 Å². The molecule has 0 saturated carbocycles. The molecule has 0 amide bonds. The van der Waals surface area contributed by atoms with Crippen LogP contribution in [0.15, 0.2) is 23.0 Å². The Morgan fingerprint density at radius 3 is 2.47 bits per heavy atom. The Morgan fingerprint density at radius 1 is 1.24 bits per heavy atom. The average Bonchev–Trinajstić information content (AvgIpc) is 2.26. The van der Waals surface area contributed by atoms with E-state index in [0.29, 0.717) is 21.5 Å². The van der Waals surface area contributed by atoms with Gasteiger partial charge in [0.05, 0.1) is 0 Å². The highest BCUT2D eigenvalue weighted by Gasteiger charge is 2.12. The Kier molecular flexibility index (Phi) is 2.79. The second-order valence-electron chi connectivity index (χ2n) is 4.16. The number of benzene rings is 1. The van der Waals surface area contributed by atoms with Gasteiger partial charge in [0.2, 0.25) is 0 Å². The van der Waals surface area contributed by atoms with Crippen LogP contribution < -0.4 is 5.56 Å². The van der Waals surface area contributed by atoms with Gasteiger partial charge < -0.3 is 4.57 Å². The molecular formula is C13H12ClNO2. The highest BCUT2D eigenvalue weighted by molar-refractivity contribution is 6.30. The third-order valence-electron chi connectivity index (χ3n) is 2.82. The van der Waals surface area contributed by atoms with E-state index in [0.717, 1.165) is 5.56 Å². The molecule has 1 heterocycles. The predicted octanol–water partition coefficient (Wildman–Crippen LogP) is 2.70. The summed E-state index contributed by atoms with van der Waals surface area (Å²) in [6.07, 6.45) is 0. The maximum absolute atomic E-state index is 12.0. The maximum Gasteiger partial charge on any atom is 0.259 e. The minimum atomic E-state index is -0.182. The summed E-state index contributed by atoms with van der Waals surface area (Å²) in [5, 5.41) is 1.48. The zero-order valence-corrected chi connectivity index (χ0v) is 10.6. The van der Waals surface area contributed by atoms with Gasteiger partial charge in [0.25, 0.3) is 5.56 Å². The van der Waals surface area contributed by atoms with Crippen molar-refractivity contribution >= 4 is 28.2 Å². The molecule has 3 nitrogen and oxygen atoms in total. The van der Waals surface area contributed by atoms with Crippen LogP contribution in [0.4, 0.5) is 0 Å². The number of aromatic nitrogens is 1. The average molecular weight is 250 g/mol. The Bertz CT molecular complexity index is 686. The van der Waals surface area contributed by atoms with Gasteiger partial charge in [-0.05, 0) is 37.6 Å². The molecule has 2 rings (SSSR count). The lowest BCUT2D eigenvalue weighted by atomic mass is 10.0. The first kappa shape index (κ1) is 11.9. The van der Waals surface area contributed by atoms with Gasteiger partial charge in [0, 0.05) is 23.4 Å². The fourth-order valence-corrected chi connectivity index (χ4v) is 2.10. The summed E-state index contributed by atoms with van der Waals surface area (Å²) in [7, 11) is 1.61. The van der Waals surface area contributed by atoms with Gasteiger partial charge in [-0.3, -0.25) is 9.59 Å². The summed E-state index contributed by atoms with van der Waals surface area (Å²) in [5.74, 6) is -0.0666. The van der Waals surface area contributed by atoms with E-state index in [1.165, 1.54) is 11.5 Å². The standard InChI is InChI=1S/C13H12ClNO2/c1-7-4-9(8(2)16)10-6-12(14)15(3)13(17)11(10)5-7/h4-6H,1-3H3. The molecule has 2 aromatic rings. The van der Waals surface area contributed by atoms with Crippen molar-refractivity contribution in [3.8, 4) is 0 Å². The molecule has 1 aromatic heterocycles. The maximum atomic E-state index is 12.0. The van der Waals surface area contributed by atoms with Crippen molar-refractivity contribution in [3.05, 3.63) is 44.8 Å². The lowest BCUT2D eigenvalue weighted by molar-refractivity contribution is 0.101. The molecule has 0 spiro atoms. The Morgan fingerprint density at radius 2 is 1.88 bits per heavy atom. The van der Waals surface area contributed by atoms with Crippen LogP contribution >= 0.6 is 11.6 Å². The first-order valence-corrected chi connectivity index (χ1v) is 5.60. The molecule has 0 bridgehead atoms. The molecule has 0 atom stereocenters. The predicted molar refractivity (Wildman–Crippen MR) is 68.9 cm³/mol. The Hall–Kier alpha value is -1.61. The molecule has 1 aromatic carbocycles. The van der Waals surface area contributed by atoms with E-state index in [9.17, 15) is 9.59 Å². The largest absolute Gasteiger partial charge is 0.302 e. The molecule has 17 heavy (non-hydrogen) atoms. The molecule has 88 valence electrons. The third-order valence-corrected chi connectivity index (χ3v) is 3.19. The van der Waals surface area contributed by atoms with Gasteiger partial charge in [0.15, 0.2) is 5.78 Å². The second kappa shape index (κ2) is 4.00. The summed E-state index contributed by atoms with van der Waals surface area (Å²) in [5.41, 5.74) is 1.25. The quantitative estimate of drug-likeness (QED) is 0.576. The van der Waals surface area contributed by atoms with Crippen LogP contribution in [-0.4, -0.2) is 10.4 Å². The smallest absolute Gasteiger partial charge is 0.259 e. The van der Waals surface area contributed by atoms with E-state index in [1.54, 1.807) is 25.2 Å². The van der Waals surface area contributed by atoms with Gasteiger partial charge in [0.1, 0.15) is 5.15 Å². The molecule has 0 unspecified atom stereocenters. The molecule has 0 fully saturated rings. The summed E-state index contributed by atoms with van der Waals surface area (Å²) in [6.45, 7) is 3.35. The zero-order valence-electron chi connectivity index (χ0n) is 9.87. The van der Waals surface area contributed by atoms with Crippen molar-refractivity contribution in [1.82, 2.24) is 4.57 Å². The fourth-order valence-electron chi connectivity index (χ4n) is 1.91. The van der Waals surface area contributed by atoms with E-state index in [-0.39, 0.29) is 11.3 Å². The summed E-state index contributed by atoms with van der Waals surface area (Å²) in [4.78, 5) is 23.6. The number of nitrogens with zero attached hydrogens (tertiary/aromatic N) is 1. The number of Topliss-reactive ketones (excluding diaryl/α,β-unsaturated/α-hetero) is 1. The molecule has 0 saturated heterocycles. The molecule has 0 N–H and O–H groups in total. The van der Waals surface area contributed by atoms with Gasteiger partial charge in [-0.15, -0.1) is 0 Å². The molecule has 0 radical (unpaired) electrons. The molecule has 0 aliphatic heterocycles. The molecule has 4 heteroatoms. The topological polar surface area (TPSA) is 39.1 Å². The SMILES string of the molecule is CC(=O)c1cc(C)cc2c(=O)n(C)c(Cl)cc12. The summed E-state index contributed by atoms with van der Waals surface area (Å²) < 4.78 is 1.37. The van der Waals surface area contributed by atoms with Crippen molar-refractivity contribution < 1.29 is 4.79 Å². The zero-order chi connectivity index (χ0) is 12.7. The number of hydrogen-bond donors (Lipinski definition) is 0. The second-order valence-corrected chi connectivity index (χ2v) is 4.55. The third kappa shape index (κ3) is 1.87. The lowest BCUT2D eigenvalue weighted by Gasteiger charge is -2.08. The van der Waals surface area contributed by atoms with Crippen LogP contribution in [0.5, 0.6) is 0 Å². The van der Waals surface area contributed by atoms with E-state index in [4.69, 9.17) is 11.6 Å². The number of aryl methyl sites for hydroxylation is 1. The van der Waals surface area contributed by atoms with Crippen molar-refractivity contribution in [2.45, 2.75) is 13.8 Å². The molecule has 0 aliphatic carbocycles. The van der Waals surface area contributed by atoms with Crippen molar-refractivity contribution in [2.24, 2.45) is 7.05 Å². The van der Waals surface area contributed by atoms with Crippen LogP contribution in [0, 0.1) is 6.92 Å². The van der Waals surface area contributed by atoms with Gasteiger partial charge >= 0.3 is 0 Å². The summed E-state index contributed by atoms with van der Waals surface area (Å²) in [6, 6.07) is 5.22. The number of halogens is 1. The van der Waals surface area contributed by atoms with Gasteiger partial charge in [-0.2, -0.15) is 0 Å². The first-order valence-electron chi connectivity index (χ1n) is 5.22. The Labute approximate surface area is 104 Å². The fraction of sp³-hybridized carbons (Fsp3) is 0.231. The van der Waals surface area contributed by atoms with Crippen LogP contribution in [0.2, 0.25) is 5.15 Å². The Balaban J connectivity index is 3.05. The van der Waals surface area contributed by atoms with Gasteiger partial charge in [-0.1, -0.05) is 11.6 Å². The number of carbonyl (C=O) groups excluding carboxylic acids is 1. The monoisotopic (exact) mass is 249 g/mol. The van der Waals surface area contributed by atoms with Crippen molar-refractivity contribution in [3.63, 3.8) is 0 Å².